The molecule has 6 heteroatoms. The summed E-state index contributed by atoms with van der Waals surface area (Å²) in [6.45, 7) is 0.530. The third kappa shape index (κ3) is 2.81. The van der Waals surface area contributed by atoms with Gasteiger partial charge in [0.25, 0.3) is 0 Å². The third-order valence-electron chi connectivity index (χ3n) is 2.64. The number of aliphatic carboxylic acids is 1. The number of carbonyl (C=O) groups excluding carboxylic acids is 1. The Labute approximate surface area is 108 Å². The maximum atomic E-state index is 13.1. The van der Waals surface area contributed by atoms with E-state index in [1.165, 1.54) is 28.8 Å². The highest BCUT2D eigenvalue weighted by molar-refractivity contribution is 7.99. The van der Waals surface area contributed by atoms with Gasteiger partial charge in [-0.05, 0) is 18.2 Å². The number of hydrogen-bond donors (Lipinski definition) is 1. The summed E-state index contributed by atoms with van der Waals surface area (Å²) in [6.07, 6.45) is -0.212. The molecule has 1 amide bonds. The van der Waals surface area contributed by atoms with Crippen molar-refractivity contribution >= 4 is 29.3 Å². The Morgan fingerprint density at radius 1 is 1.39 bits per heavy atom. The summed E-state index contributed by atoms with van der Waals surface area (Å²) in [5.74, 6) is -0.865. The zero-order valence-electron chi connectivity index (χ0n) is 9.56. The maximum Gasteiger partial charge on any atom is 0.303 e. The van der Waals surface area contributed by atoms with Crippen molar-refractivity contribution in [1.29, 1.82) is 0 Å². The van der Waals surface area contributed by atoms with E-state index < -0.39 is 5.97 Å². The molecule has 0 aromatic heterocycles. The lowest BCUT2D eigenvalue weighted by Crippen LogP contribution is -2.35. The Bertz CT molecular complexity index is 492. The molecule has 0 bridgehead atoms. The van der Waals surface area contributed by atoms with E-state index in [0.717, 1.165) is 4.90 Å². The highest BCUT2D eigenvalue weighted by atomic mass is 32.2. The normalized spacial score (nSPS) is 14.2. The number of fused-ring (bicyclic) bond motifs is 1. The van der Waals surface area contributed by atoms with Crippen LogP contribution in [0.15, 0.2) is 23.1 Å². The van der Waals surface area contributed by atoms with Gasteiger partial charge >= 0.3 is 5.97 Å². The van der Waals surface area contributed by atoms with E-state index in [0.29, 0.717) is 18.0 Å². The molecule has 0 spiro atoms. The average molecular weight is 269 g/mol. The standard InChI is InChI=1S/C12H12FNO3S/c13-8-1-2-9-10(7-8)18-6-5-14(9)11(15)3-4-12(16)17/h1-2,7H,3-6H2,(H,16,17). The van der Waals surface area contributed by atoms with Crippen molar-refractivity contribution in [2.45, 2.75) is 17.7 Å². The van der Waals surface area contributed by atoms with Crippen molar-refractivity contribution < 1.29 is 19.1 Å². The summed E-state index contributed by atoms with van der Waals surface area (Å²) < 4.78 is 13.1. The molecule has 96 valence electrons. The largest absolute Gasteiger partial charge is 0.481 e. The SMILES string of the molecule is O=C(O)CCC(=O)N1CCSc2cc(F)ccc21. The number of nitrogens with zero attached hydrogens (tertiary/aromatic N) is 1. The van der Waals surface area contributed by atoms with Crippen LogP contribution >= 0.6 is 11.8 Å². The van der Waals surface area contributed by atoms with Crippen molar-refractivity contribution in [1.82, 2.24) is 0 Å². The second-order valence-corrected chi connectivity index (χ2v) is 5.04. The first-order chi connectivity index (χ1) is 8.58. The number of amides is 1. The van der Waals surface area contributed by atoms with Crippen LogP contribution in [0.5, 0.6) is 0 Å². The molecule has 0 saturated carbocycles. The van der Waals surface area contributed by atoms with Gasteiger partial charge in [-0.15, -0.1) is 11.8 Å². The maximum absolute atomic E-state index is 13.1. The van der Waals surface area contributed by atoms with Gasteiger partial charge < -0.3 is 10.0 Å². The number of carboxylic acid groups (broad SMARTS) is 1. The number of rotatable bonds is 3. The van der Waals surface area contributed by atoms with E-state index in [4.69, 9.17) is 5.11 Å². The van der Waals surface area contributed by atoms with Crippen molar-refractivity contribution in [3.63, 3.8) is 0 Å². The molecule has 0 atom stereocenters. The monoisotopic (exact) mass is 269 g/mol. The molecule has 1 heterocycles. The molecule has 0 unspecified atom stereocenters. The van der Waals surface area contributed by atoms with Crippen molar-refractivity contribution in [3.8, 4) is 0 Å². The van der Waals surface area contributed by atoms with Crippen LogP contribution in [0.4, 0.5) is 10.1 Å². The van der Waals surface area contributed by atoms with E-state index >= 15 is 0 Å². The molecule has 1 aromatic carbocycles. The summed E-state index contributed by atoms with van der Waals surface area (Å²) in [6, 6.07) is 4.27. The minimum absolute atomic E-state index is 0.0309. The molecule has 1 aliphatic heterocycles. The number of thioether (sulfide) groups is 1. The van der Waals surface area contributed by atoms with E-state index in [2.05, 4.69) is 0 Å². The first kappa shape index (κ1) is 12.9. The predicted octanol–water partition coefficient (Wildman–Crippen LogP) is 2.13. The lowest BCUT2D eigenvalue weighted by Gasteiger charge is -2.29. The fourth-order valence-corrected chi connectivity index (χ4v) is 2.82. The lowest BCUT2D eigenvalue weighted by atomic mass is 10.2. The predicted molar refractivity (Wildman–Crippen MR) is 66.3 cm³/mol. The molecule has 0 aliphatic carbocycles. The molecule has 18 heavy (non-hydrogen) atoms. The van der Waals surface area contributed by atoms with Crippen LogP contribution in [0.1, 0.15) is 12.8 Å². The zero-order valence-corrected chi connectivity index (χ0v) is 10.4. The van der Waals surface area contributed by atoms with E-state index in [9.17, 15) is 14.0 Å². The van der Waals surface area contributed by atoms with E-state index in [1.807, 2.05) is 0 Å². The number of carbonyl (C=O) groups is 2. The Kier molecular flexibility index (Phi) is 3.86. The zero-order chi connectivity index (χ0) is 13.1. The fourth-order valence-electron chi connectivity index (χ4n) is 1.80. The minimum atomic E-state index is -0.992. The van der Waals surface area contributed by atoms with Crippen molar-refractivity contribution in [3.05, 3.63) is 24.0 Å². The second-order valence-electron chi connectivity index (χ2n) is 3.90. The number of carboxylic acids is 1. The van der Waals surface area contributed by atoms with Gasteiger partial charge in [-0.2, -0.15) is 0 Å². The van der Waals surface area contributed by atoms with Gasteiger partial charge in [0, 0.05) is 23.6 Å². The average Bonchev–Trinajstić information content (AvgIpc) is 2.34. The number of hydrogen-bond acceptors (Lipinski definition) is 3. The first-order valence-corrected chi connectivity index (χ1v) is 6.51. The van der Waals surface area contributed by atoms with Gasteiger partial charge in [0.15, 0.2) is 0 Å². The van der Waals surface area contributed by atoms with Crippen LogP contribution in [0, 0.1) is 5.82 Å². The molecule has 4 nitrogen and oxygen atoms in total. The smallest absolute Gasteiger partial charge is 0.303 e. The Morgan fingerprint density at radius 3 is 2.89 bits per heavy atom. The van der Waals surface area contributed by atoms with E-state index in [1.54, 1.807) is 6.07 Å². The summed E-state index contributed by atoms with van der Waals surface area (Å²) in [5, 5.41) is 8.57. The Hall–Kier alpha value is -1.56. The van der Waals surface area contributed by atoms with Crippen molar-refractivity contribution in [2.75, 3.05) is 17.2 Å². The van der Waals surface area contributed by atoms with Gasteiger partial charge in [0.05, 0.1) is 12.1 Å². The van der Waals surface area contributed by atoms with E-state index in [-0.39, 0.29) is 24.6 Å². The van der Waals surface area contributed by atoms with Crippen LogP contribution in [-0.2, 0) is 9.59 Å². The fraction of sp³-hybridized carbons (Fsp3) is 0.333. The molecule has 0 radical (unpaired) electrons. The quantitative estimate of drug-likeness (QED) is 0.913. The molecule has 2 rings (SSSR count). The lowest BCUT2D eigenvalue weighted by molar-refractivity contribution is -0.138. The number of anilines is 1. The highest BCUT2D eigenvalue weighted by Gasteiger charge is 2.23. The molecule has 1 N–H and O–H groups in total. The number of benzene rings is 1. The van der Waals surface area contributed by atoms with Gasteiger partial charge in [-0.1, -0.05) is 0 Å². The molecule has 0 saturated heterocycles. The van der Waals surface area contributed by atoms with Crippen LogP contribution in [-0.4, -0.2) is 29.3 Å². The molecule has 0 fully saturated rings. The van der Waals surface area contributed by atoms with Crippen molar-refractivity contribution in [2.24, 2.45) is 0 Å². The molecular formula is C12H12FNO3S. The molecule has 1 aliphatic rings. The van der Waals surface area contributed by atoms with Gasteiger partial charge in [0.1, 0.15) is 5.82 Å². The third-order valence-corrected chi connectivity index (χ3v) is 3.66. The minimum Gasteiger partial charge on any atom is -0.481 e. The molecular weight excluding hydrogens is 257 g/mol. The van der Waals surface area contributed by atoms with Crippen LogP contribution in [0.3, 0.4) is 0 Å². The summed E-state index contributed by atoms with van der Waals surface area (Å²) in [7, 11) is 0. The summed E-state index contributed by atoms with van der Waals surface area (Å²) >= 11 is 1.50. The van der Waals surface area contributed by atoms with Crippen LogP contribution in [0.2, 0.25) is 0 Å². The van der Waals surface area contributed by atoms with Crippen LogP contribution < -0.4 is 4.90 Å². The summed E-state index contributed by atoms with van der Waals surface area (Å²) in [4.78, 5) is 24.6. The van der Waals surface area contributed by atoms with Gasteiger partial charge in [-0.25, -0.2) is 4.39 Å². The summed E-state index contributed by atoms with van der Waals surface area (Å²) in [5.41, 5.74) is 0.669. The van der Waals surface area contributed by atoms with Crippen LogP contribution in [0.25, 0.3) is 0 Å². The topological polar surface area (TPSA) is 57.6 Å². The number of halogens is 1. The van der Waals surface area contributed by atoms with Gasteiger partial charge in [0.2, 0.25) is 5.91 Å². The Morgan fingerprint density at radius 2 is 2.17 bits per heavy atom. The van der Waals surface area contributed by atoms with Gasteiger partial charge in [-0.3, -0.25) is 9.59 Å². The highest BCUT2D eigenvalue weighted by Crippen LogP contribution is 2.35. The molecule has 1 aromatic rings. The Balaban J connectivity index is 2.17. The first-order valence-electron chi connectivity index (χ1n) is 5.52. The second kappa shape index (κ2) is 5.39.